The summed E-state index contributed by atoms with van der Waals surface area (Å²) in [7, 11) is 0. The van der Waals surface area contributed by atoms with Gasteiger partial charge in [0.2, 0.25) is 5.91 Å². The Morgan fingerprint density at radius 1 is 1.16 bits per heavy atom. The summed E-state index contributed by atoms with van der Waals surface area (Å²) in [5.74, 6) is -0.357. The van der Waals surface area contributed by atoms with Gasteiger partial charge in [0.25, 0.3) is 5.91 Å². The van der Waals surface area contributed by atoms with Crippen molar-refractivity contribution in [2.24, 2.45) is 23.7 Å². The van der Waals surface area contributed by atoms with Crippen LogP contribution in [-0.4, -0.2) is 99.6 Å². The van der Waals surface area contributed by atoms with E-state index in [-0.39, 0.29) is 35.6 Å². The number of aliphatic hydroxyl groups excluding tert-OH is 2. The molecule has 2 amide bonds. The second kappa shape index (κ2) is 13.6. The number of thioether (sulfide) groups is 1. The van der Waals surface area contributed by atoms with Gasteiger partial charge in [-0.3, -0.25) is 9.59 Å². The number of amides is 2. The van der Waals surface area contributed by atoms with E-state index in [2.05, 4.69) is 29.8 Å². The van der Waals surface area contributed by atoms with E-state index in [1.54, 1.807) is 0 Å². The van der Waals surface area contributed by atoms with Crippen LogP contribution in [0.5, 0.6) is 0 Å². The first-order valence-electron chi connectivity index (χ1n) is 16.3. The van der Waals surface area contributed by atoms with Gasteiger partial charge in [0.1, 0.15) is 29.0 Å². The van der Waals surface area contributed by atoms with E-state index in [1.165, 1.54) is 36.0 Å². The molecule has 4 heterocycles. The van der Waals surface area contributed by atoms with Crippen molar-refractivity contribution in [1.29, 1.82) is 0 Å². The highest BCUT2D eigenvalue weighted by atomic mass is 32.2. The van der Waals surface area contributed by atoms with Gasteiger partial charge in [0, 0.05) is 30.5 Å². The molecule has 0 spiro atoms. The number of carbonyl (C=O) groups is 2. The van der Waals surface area contributed by atoms with Crippen LogP contribution in [0.15, 0.2) is 36.4 Å². The van der Waals surface area contributed by atoms with E-state index in [1.807, 2.05) is 12.2 Å². The number of carbonyl (C=O) groups excluding carboxylic acids is 2. The van der Waals surface area contributed by atoms with Crippen LogP contribution in [0.3, 0.4) is 0 Å². The number of ether oxygens (including phenoxy) is 2. The molecule has 1 aromatic rings. The van der Waals surface area contributed by atoms with Crippen molar-refractivity contribution in [3.8, 4) is 0 Å². The smallest absolute Gasteiger partial charge is 0.251 e. The fraction of sp³-hybridized carbons (Fsp3) is 0.697. The van der Waals surface area contributed by atoms with Gasteiger partial charge < -0.3 is 40.7 Å². The van der Waals surface area contributed by atoms with E-state index in [4.69, 9.17) is 9.47 Å². The summed E-state index contributed by atoms with van der Waals surface area (Å²) in [6, 6.07) is 4.16. The van der Waals surface area contributed by atoms with E-state index in [0.717, 1.165) is 19.3 Å². The molecule has 6 rings (SSSR count). The van der Waals surface area contributed by atoms with Crippen molar-refractivity contribution >= 4 is 23.6 Å². The zero-order chi connectivity index (χ0) is 31.9. The minimum Gasteiger partial charge on any atom is -0.390 e. The lowest BCUT2D eigenvalue weighted by Gasteiger charge is -2.41. The summed E-state index contributed by atoms with van der Waals surface area (Å²) >= 11 is 1.29. The van der Waals surface area contributed by atoms with Gasteiger partial charge in [-0.05, 0) is 74.1 Å². The first-order valence-corrected chi connectivity index (χ1v) is 17.2. The quantitative estimate of drug-likeness (QED) is 0.244. The predicted molar refractivity (Wildman–Crippen MR) is 167 cm³/mol. The van der Waals surface area contributed by atoms with Gasteiger partial charge in [-0.1, -0.05) is 26.0 Å². The number of aliphatic hydroxyl groups is 3. The minimum atomic E-state index is -1.64. The molecule has 5 aliphatic rings. The fourth-order valence-corrected chi connectivity index (χ4v) is 9.21. The molecule has 1 aliphatic carbocycles. The van der Waals surface area contributed by atoms with Gasteiger partial charge in [0.05, 0.1) is 30.3 Å². The van der Waals surface area contributed by atoms with Crippen LogP contribution in [-0.2, 0) is 14.3 Å². The Hall–Kier alpha value is -2.06. The first-order chi connectivity index (χ1) is 21.6. The average molecular weight is 648 g/mol. The molecule has 2 bridgehead atoms. The number of nitrogens with one attached hydrogen (secondary N) is 3. The van der Waals surface area contributed by atoms with Crippen LogP contribution < -0.4 is 16.0 Å². The van der Waals surface area contributed by atoms with Crippen molar-refractivity contribution < 1.29 is 38.8 Å². The molecule has 4 aliphatic heterocycles. The van der Waals surface area contributed by atoms with Crippen molar-refractivity contribution in [2.75, 3.05) is 19.7 Å². The third-order valence-corrected chi connectivity index (χ3v) is 11.6. The number of hydrogen-bond acceptors (Lipinski definition) is 9. The molecule has 4 fully saturated rings. The standard InChI is InChI=1S/C33H46FN3O7S/c1-17(2)13-18-11-12-43-27-20(14-18)15-35-25(27)31(41)37-23-6-4-3-5-22(16-36-30(40)19-7-9-21(34)10-8-19)45-32-33(42)24(29(33)39)26(38)28(23)44-32/h3-4,7-10,17-18,20,22-29,32,35,38-39,42H,5-6,11-16H2,1-2H3,(H,36,40)(H,37,41)/b4-3-/t18-,20-,22-,23+,24?,25-,26?,27+,28+,29?,32?,33?/m0/s1. The zero-order valence-electron chi connectivity index (χ0n) is 25.8. The number of benzene rings is 1. The molecule has 45 heavy (non-hydrogen) atoms. The zero-order valence-corrected chi connectivity index (χ0v) is 26.6. The fourth-order valence-electron chi connectivity index (χ4n) is 7.75. The summed E-state index contributed by atoms with van der Waals surface area (Å²) in [5.41, 5.74) is -2.20. The van der Waals surface area contributed by atoms with Crippen LogP contribution in [0.2, 0.25) is 0 Å². The third kappa shape index (κ3) is 6.83. The molecule has 0 radical (unpaired) electrons. The topological polar surface area (TPSA) is 149 Å². The maximum absolute atomic E-state index is 13.7. The molecule has 12 atom stereocenters. The summed E-state index contributed by atoms with van der Waals surface area (Å²) in [4.78, 5) is 26.4. The van der Waals surface area contributed by atoms with Gasteiger partial charge in [0.15, 0.2) is 0 Å². The molecule has 248 valence electrons. The Morgan fingerprint density at radius 3 is 2.67 bits per heavy atom. The maximum atomic E-state index is 13.7. The summed E-state index contributed by atoms with van der Waals surface area (Å²) in [6.07, 6.45) is 4.52. The Labute approximate surface area is 267 Å². The molecule has 3 saturated heterocycles. The van der Waals surface area contributed by atoms with Crippen LogP contribution in [0.4, 0.5) is 4.39 Å². The lowest BCUT2D eigenvalue weighted by molar-refractivity contribution is -0.157. The van der Waals surface area contributed by atoms with Gasteiger partial charge in [-0.15, -0.1) is 11.8 Å². The van der Waals surface area contributed by atoms with Crippen LogP contribution in [0.1, 0.15) is 56.3 Å². The number of fused-ring (bicyclic) bond motifs is 5. The largest absolute Gasteiger partial charge is 0.390 e. The molecule has 10 nitrogen and oxygen atoms in total. The predicted octanol–water partition coefficient (Wildman–Crippen LogP) is 1.73. The van der Waals surface area contributed by atoms with Gasteiger partial charge in [-0.2, -0.15) is 0 Å². The van der Waals surface area contributed by atoms with Crippen LogP contribution in [0, 0.1) is 29.5 Å². The van der Waals surface area contributed by atoms with E-state index in [9.17, 15) is 29.3 Å². The Kier molecular flexibility index (Phi) is 9.92. The number of halogens is 1. The Balaban J connectivity index is 1.13. The van der Waals surface area contributed by atoms with Crippen molar-refractivity contribution in [3.63, 3.8) is 0 Å². The molecule has 6 N–H and O–H groups in total. The van der Waals surface area contributed by atoms with Crippen molar-refractivity contribution in [1.82, 2.24) is 16.0 Å². The summed E-state index contributed by atoms with van der Waals surface area (Å²) in [6.45, 7) is 6.05. The third-order valence-electron chi connectivity index (χ3n) is 10.1. The monoisotopic (exact) mass is 647 g/mol. The lowest BCUT2D eigenvalue weighted by Crippen LogP contribution is -2.59. The van der Waals surface area contributed by atoms with Gasteiger partial charge >= 0.3 is 0 Å². The lowest BCUT2D eigenvalue weighted by atomic mass is 9.85. The first kappa shape index (κ1) is 32.9. The van der Waals surface area contributed by atoms with E-state index < -0.39 is 53.2 Å². The minimum absolute atomic E-state index is 0.209. The normalized spacial score (nSPS) is 41.7. The number of rotatable bonds is 7. The van der Waals surface area contributed by atoms with E-state index in [0.29, 0.717) is 43.4 Å². The van der Waals surface area contributed by atoms with Crippen LogP contribution in [0.25, 0.3) is 0 Å². The molecule has 0 aromatic heterocycles. The molecule has 5 unspecified atom stereocenters. The molecular formula is C33H46FN3O7S. The highest BCUT2D eigenvalue weighted by Crippen LogP contribution is 2.58. The second-order valence-corrected chi connectivity index (χ2v) is 15.2. The van der Waals surface area contributed by atoms with E-state index >= 15 is 0 Å². The average Bonchev–Trinajstić information content (AvgIpc) is 3.45. The number of allylic oxidation sites excluding steroid dienone is 1. The molecule has 1 saturated carbocycles. The molecule has 12 heteroatoms. The van der Waals surface area contributed by atoms with Crippen molar-refractivity contribution in [3.05, 3.63) is 47.8 Å². The Morgan fingerprint density at radius 2 is 1.91 bits per heavy atom. The maximum Gasteiger partial charge on any atom is 0.251 e. The van der Waals surface area contributed by atoms with Gasteiger partial charge in [-0.25, -0.2) is 4.39 Å². The highest BCUT2D eigenvalue weighted by Gasteiger charge is 2.75. The summed E-state index contributed by atoms with van der Waals surface area (Å²) < 4.78 is 25.9. The number of hydrogen-bond donors (Lipinski definition) is 6. The van der Waals surface area contributed by atoms with Crippen LogP contribution >= 0.6 is 11.8 Å². The SMILES string of the molecule is CC(C)C[C@@H]1CCO[C@@H]2[C@H](CN[C@@H]2C(=O)N[C@@H]2C/C=C\C[C@@H](CNC(=O)c3ccc(F)cc3)SC3O[C@H]2C(O)C2C(O)C32O)C1. The highest BCUT2D eigenvalue weighted by molar-refractivity contribution is 8.00. The molecular weight excluding hydrogens is 601 g/mol. The van der Waals surface area contributed by atoms with Crippen molar-refractivity contribution in [2.45, 2.75) is 98.7 Å². The molecule has 1 aromatic carbocycles. The summed E-state index contributed by atoms with van der Waals surface area (Å²) in [5, 5.41) is 42.5. The Bertz CT molecular complexity index is 1250. The second-order valence-electron chi connectivity index (χ2n) is 13.8.